The number of ether oxygens (including phenoxy) is 1. The molecule has 1 aromatic carbocycles. The summed E-state index contributed by atoms with van der Waals surface area (Å²) in [4.78, 5) is 17.8. The lowest BCUT2D eigenvalue weighted by Gasteiger charge is -2.06. The minimum Gasteiger partial charge on any atom is -0.490 e. The molecule has 1 aromatic rings. The average Bonchev–Trinajstić information content (AvgIpc) is 2.29. The van der Waals surface area contributed by atoms with E-state index in [4.69, 9.17) is 21.9 Å². The van der Waals surface area contributed by atoms with Gasteiger partial charge in [-0.3, -0.25) is 10.1 Å². The summed E-state index contributed by atoms with van der Waals surface area (Å²) in [6.07, 6.45) is 0. The van der Waals surface area contributed by atoms with Gasteiger partial charge in [0.15, 0.2) is 11.7 Å². The molecule has 9 heteroatoms. The van der Waals surface area contributed by atoms with Crippen molar-refractivity contribution in [2.45, 2.75) is 6.92 Å². The Bertz CT molecular complexity index is 563. The van der Waals surface area contributed by atoms with Gasteiger partial charge in [-0.15, -0.1) is 0 Å². The zero-order valence-corrected chi connectivity index (χ0v) is 10.5. The number of nitro groups is 1. The smallest absolute Gasteiger partial charge is 0.311 e. The van der Waals surface area contributed by atoms with Gasteiger partial charge >= 0.3 is 5.69 Å². The monoisotopic (exact) mass is 266 g/mol. The van der Waals surface area contributed by atoms with Crippen LogP contribution in [0.4, 0.5) is 11.4 Å². The number of nitrogens with two attached hydrogens (primary N) is 3. The Balaban J connectivity index is 3.31. The van der Waals surface area contributed by atoms with Gasteiger partial charge in [0.2, 0.25) is 5.96 Å². The molecule has 0 saturated heterocycles. The highest BCUT2D eigenvalue weighted by Crippen LogP contribution is 2.34. The average molecular weight is 266 g/mol. The van der Waals surface area contributed by atoms with Crippen LogP contribution in [0.2, 0.25) is 0 Å². The highest BCUT2D eigenvalue weighted by atomic mass is 16.6. The summed E-state index contributed by atoms with van der Waals surface area (Å²) >= 11 is 0. The first-order valence-electron chi connectivity index (χ1n) is 5.12. The highest BCUT2D eigenvalue weighted by Gasteiger charge is 2.17. The molecule has 1 rings (SSSR count). The Kier molecular flexibility index (Phi) is 4.24. The molecule has 0 bridgehead atoms. The SMILES string of the molecule is COc1cc(N=C(N)N=C(N)N)c(C)cc1[N+](=O)[O-]. The number of rotatable bonds is 3. The quantitative estimate of drug-likeness (QED) is 0.305. The molecular weight excluding hydrogens is 252 g/mol. The van der Waals surface area contributed by atoms with Crippen molar-refractivity contribution in [3.8, 4) is 5.75 Å². The van der Waals surface area contributed by atoms with Gasteiger partial charge < -0.3 is 21.9 Å². The Hall–Kier alpha value is -2.84. The van der Waals surface area contributed by atoms with Crippen LogP contribution in [0.3, 0.4) is 0 Å². The molecule has 0 radical (unpaired) electrons. The maximum atomic E-state index is 10.8. The molecule has 0 aliphatic rings. The number of aryl methyl sites for hydroxylation is 1. The number of guanidine groups is 2. The number of nitro benzene ring substituents is 1. The molecule has 6 N–H and O–H groups in total. The molecule has 102 valence electrons. The minimum absolute atomic E-state index is 0.0758. The first-order valence-corrected chi connectivity index (χ1v) is 5.12. The van der Waals surface area contributed by atoms with E-state index in [0.29, 0.717) is 11.3 Å². The molecule has 0 amide bonds. The second kappa shape index (κ2) is 5.67. The number of hydrogen-bond acceptors (Lipinski definition) is 4. The largest absolute Gasteiger partial charge is 0.490 e. The van der Waals surface area contributed by atoms with E-state index < -0.39 is 4.92 Å². The third-order valence-corrected chi connectivity index (χ3v) is 2.17. The molecule has 0 unspecified atom stereocenters. The second-order valence-corrected chi connectivity index (χ2v) is 3.57. The topological polar surface area (TPSA) is 155 Å². The summed E-state index contributed by atoms with van der Waals surface area (Å²) in [5.74, 6) is -0.307. The van der Waals surface area contributed by atoms with E-state index in [0.717, 1.165) is 0 Å². The van der Waals surface area contributed by atoms with E-state index >= 15 is 0 Å². The number of aliphatic imine (C=N–C) groups is 2. The predicted molar refractivity (Wildman–Crippen MR) is 71.5 cm³/mol. The lowest BCUT2D eigenvalue weighted by Crippen LogP contribution is -2.26. The Labute approximate surface area is 108 Å². The van der Waals surface area contributed by atoms with Crippen molar-refractivity contribution in [1.82, 2.24) is 0 Å². The Morgan fingerprint density at radius 2 is 2.00 bits per heavy atom. The van der Waals surface area contributed by atoms with Gasteiger partial charge in [0.25, 0.3) is 0 Å². The van der Waals surface area contributed by atoms with Crippen molar-refractivity contribution in [1.29, 1.82) is 0 Å². The minimum atomic E-state index is -0.543. The van der Waals surface area contributed by atoms with Gasteiger partial charge in [0.1, 0.15) is 0 Å². The summed E-state index contributed by atoms with van der Waals surface area (Å²) in [7, 11) is 1.32. The molecule has 0 saturated carbocycles. The van der Waals surface area contributed by atoms with Crippen LogP contribution in [0.25, 0.3) is 0 Å². The van der Waals surface area contributed by atoms with Crippen molar-refractivity contribution in [3.63, 3.8) is 0 Å². The third kappa shape index (κ3) is 3.56. The van der Waals surface area contributed by atoms with Crippen LogP contribution < -0.4 is 21.9 Å². The fraction of sp³-hybridized carbons (Fsp3) is 0.200. The summed E-state index contributed by atoms with van der Waals surface area (Å²) in [5.41, 5.74) is 16.6. The van der Waals surface area contributed by atoms with Crippen LogP contribution in [0.5, 0.6) is 5.75 Å². The van der Waals surface area contributed by atoms with E-state index in [2.05, 4.69) is 9.98 Å². The predicted octanol–water partition coefficient (Wildman–Crippen LogP) is 0.131. The lowest BCUT2D eigenvalue weighted by atomic mass is 10.1. The van der Waals surface area contributed by atoms with Gasteiger partial charge in [0.05, 0.1) is 17.7 Å². The molecule has 0 aliphatic heterocycles. The standard InChI is InChI=1S/C10H14N6O3/c1-5-3-7(16(17)18)8(19-2)4-6(5)14-10(13)15-9(11)12/h3-4H,1-2H3,(H6,11,12,13,14,15). The van der Waals surface area contributed by atoms with Crippen LogP contribution in [-0.2, 0) is 0 Å². The summed E-state index contributed by atoms with van der Waals surface area (Å²) in [6.45, 7) is 1.65. The lowest BCUT2D eigenvalue weighted by molar-refractivity contribution is -0.385. The van der Waals surface area contributed by atoms with Gasteiger partial charge in [0, 0.05) is 12.1 Å². The maximum Gasteiger partial charge on any atom is 0.311 e. The first kappa shape index (κ1) is 14.2. The maximum absolute atomic E-state index is 10.8. The third-order valence-electron chi connectivity index (χ3n) is 2.17. The van der Waals surface area contributed by atoms with Crippen molar-refractivity contribution < 1.29 is 9.66 Å². The molecule has 0 fully saturated rings. The Morgan fingerprint density at radius 3 is 2.47 bits per heavy atom. The van der Waals surface area contributed by atoms with E-state index in [1.54, 1.807) is 6.92 Å². The van der Waals surface area contributed by atoms with Crippen LogP contribution in [-0.4, -0.2) is 24.0 Å². The Morgan fingerprint density at radius 1 is 1.37 bits per heavy atom. The molecule has 0 aliphatic carbocycles. The molecule has 0 heterocycles. The van der Waals surface area contributed by atoms with Gasteiger partial charge in [-0.05, 0) is 12.5 Å². The first-order chi connectivity index (χ1) is 8.85. The normalized spacial score (nSPS) is 10.9. The molecule has 19 heavy (non-hydrogen) atoms. The molecule has 0 aromatic heterocycles. The number of nitrogens with zero attached hydrogens (tertiary/aromatic N) is 3. The fourth-order valence-electron chi connectivity index (χ4n) is 1.37. The number of hydrogen-bond donors (Lipinski definition) is 3. The molecule has 0 atom stereocenters. The van der Waals surface area contributed by atoms with Crippen molar-refractivity contribution >= 4 is 23.3 Å². The van der Waals surface area contributed by atoms with E-state index in [-0.39, 0.29) is 23.4 Å². The number of methoxy groups -OCH3 is 1. The number of benzene rings is 1. The zero-order valence-electron chi connectivity index (χ0n) is 10.5. The second-order valence-electron chi connectivity index (χ2n) is 3.57. The zero-order chi connectivity index (χ0) is 14.6. The van der Waals surface area contributed by atoms with Crippen LogP contribution in [0, 0.1) is 17.0 Å². The van der Waals surface area contributed by atoms with E-state index in [1.165, 1.54) is 19.2 Å². The van der Waals surface area contributed by atoms with Gasteiger partial charge in [-0.25, -0.2) is 4.99 Å². The van der Waals surface area contributed by atoms with Crippen LogP contribution in [0.1, 0.15) is 5.56 Å². The molecule has 0 spiro atoms. The highest BCUT2D eigenvalue weighted by molar-refractivity contribution is 5.93. The summed E-state index contributed by atoms with van der Waals surface area (Å²) in [6, 6.07) is 2.73. The summed E-state index contributed by atoms with van der Waals surface area (Å²) in [5, 5.41) is 10.8. The van der Waals surface area contributed by atoms with Crippen LogP contribution in [0.15, 0.2) is 22.1 Å². The van der Waals surface area contributed by atoms with Crippen molar-refractivity contribution in [3.05, 3.63) is 27.8 Å². The van der Waals surface area contributed by atoms with E-state index in [9.17, 15) is 10.1 Å². The molecule has 9 nitrogen and oxygen atoms in total. The van der Waals surface area contributed by atoms with Crippen molar-refractivity contribution in [2.24, 2.45) is 27.2 Å². The summed E-state index contributed by atoms with van der Waals surface area (Å²) < 4.78 is 4.93. The fourth-order valence-corrected chi connectivity index (χ4v) is 1.37. The van der Waals surface area contributed by atoms with Gasteiger partial charge in [-0.2, -0.15) is 4.99 Å². The van der Waals surface area contributed by atoms with Gasteiger partial charge in [-0.1, -0.05) is 0 Å². The van der Waals surface area contributed by atoms with Crippen molar-refractivity contribution in [2.75, 3.05) is 7.11 Å². The molecular formula is C10H14N6O3. The van der Waals surface area contributed by atoms with E-state index in [1.807, 2.05) is 0 Å². The van der Waals surface area contributed by atoms with Crippen LogP contribution >= 0.6 is 0 Å².